The van der Waals surface area contributed by atoms with Crippen LogP contribution >= 0.6 is 0 Å². The van der Waals surface area contributed by atoms with E-state index in [-0.39, 0.29) is 30.1 Å². The third kappa shape index (κ3) is 4.85. The largest absolute Gasteiger partial charge is 0.480 e. The minimum Gasteiger partial charge on any atom is -0.480 e. The van der Waals surface area contributed by atoms with Crippen LogP contribution in [0.15, 0.2) is 0 Å². The second kappa shape index (κ2) is 7.72. The molecular formula is C18H33N3O3. The number of likely N-dealkylation sites (N-methyl/N-ethyl adjacent to an activating group) is 1. The van der Waals surface area contributed by atoms with Crippen molar-refractivity contribution in [3.8, 4) is 0 Å². The number of carbonyl (C=O) groups is 2. The summed E-state index contributed by atoms with van der Waals surface area (Å²) in [6.07, 6.45) is 3.97. The van der Waals surface area contributed by atoms with E-state index in [0.29, 0.717) is 5.92 Å². The molecule has 24 heavy (non-hydrogen) atoms. The fourth-order valence-electron chi connectivity index (χ4n) is 3.81. The molecular weight excluding hydrogens is 306 g/mol. The minimum absolute atomic E-state index is 0.0497. The zero-order chi connectivity index (χ0) is 17.9. The molecule has 138 valence electrons. The molecule has 0 radical (unpaired) electrons. The van der Waals surface area contributed by atoms with Crippen LogP contribution in [0.5, 0.6) is 0 Å². The number of aliphatic carboxylic acids is 1. The maximum Gasteiger partial charge on any atom is 0.317 e. The highest BCUT2D eigenvalue weighted by molar-refractivity contribution is 5.74. The summed E-state index contributed by atoms with van der Waals surface area (Å²) in [5.41, 5.74) is 0.235. The Hall–Kier alpha value is -1.30. The van der Waals surface area contributed by atoms with Crippen LogP contribution < -0.4 is 5.32 Å². The van der Waals surface area contributed by atoms with Crippen molar-refractivity contribution in [1.29, 1.82) is 0 Å². The van der Waals surface area contributed by atoms with Gasteiger partial charge in [0, 0.05) is 25.2 Å². The van der Waals surface area contributed by atoms with Gasteiger partial charge < -0.3 is 15.3 Å². The number of urea groups is 1. The van der Waals surface area contributed by atoms with E-state index in [2.05, 4.69) is 26.1 Å². The highest BCUT2D eigenvalue weighted by Gasteiger charge is 2.37. The van der Waals surface area contributed by atoms with E-state index in [1.54, 1.807) is 0 Å². The molecule has 2 aliphatic rings. The first-order valence-corrected chi connectivity index (χ1v) is 9.22. The molecule has 1 atom stereocenters. The van der Waals surface area contributed by atoms with E-state index in [4.69, 9.17) is 5.11 Å². The molecule has 1 aliphatic carbocycles. The Balaban J connectivity index is 1.77. The molecule has 1 heterocycles. The number of likely N-dealkylation sites (tertiary alicyclic amines) is 1. The quantitative estimate of drug-likeness (QED) is 0.807. The predicted molar refractivity (Wildman–Crippen MR) is 94.0 cm³/mol. The minimum atomic E-state index is -0.786. The molecule has 2 fully saturated rings. The Morgan fingerprint density at radius 3 is 2.50 bits per heavy atom. The molecule has 6 nitrogen and oxygen atoms in total. The van der Waals surface area contributed by atoms with Gasteiger partial charge in [0.1, 0.15) is 0 Å². The lowest BCUT2D eigenvalue weighted by Crippen LogP contribution is -2.58. The molecule has 1 saturated carbocycles. The third-order valence-corrected chi connectivity index (χ3v) is 5.64. The fourth-order valence-corrected chi connectivity index (χ4v) is 3.81. The maximum atomic E-state index is 12.5. The smallest absolute Gasteiger partial charge is 0.317 e. The first kappa shape index (κ1) is 19.0. The number of carboxylic acids is 1. The normalized spacial score (nSPS) is 27.7. The van der Waals surface area contributed by atoms with Crippen LogP contribution in [-0.2, 0) is 4.79 Å². The van der Waals surface area contributed by atoms with Crippen molar-refractivity contribution in [3.05, 3.63) is 0 Å². The van der Waals surface area contributed by atoms with Crippen molar-refractivity contribution < 1.29 is 14.7 Å². The van der Waals surface area contributed by atoms with Crippen LogP contribution in [0, 0.1) is 11.3 Å². The summed E-state index contributed by atoms with van der Waals surface area (Å²) in [5.74, 6) is -0.233. The molecule has 6 heteroatoms. The Morgan fingerprint density at radius 1 is 1.29 bits per heavy atom. The highest BCUT2D eigenvalue weighted by atomic mass is 16.4. The average Bonchev–Trinajstić information content (AvgIpc) is 2.47. The van der Waals surface area contributed by atoms with Gasteiger partial charge in [-0.05, 0) is 43.6 Å². The molecule has 0 bridgehead atoms. The van der Waals surface area contributed by atoms with E-state index in [1.165, 1.54) is 6.42 Å². The summed E-state index contributed by atoms with van der Waals surface area (Å²) in [5, 5.41) is 12.1. The van der Waals surface area contributed by atoms with Crippen LogP contribution in [0.25, 0.3) is 0 Å². The lowest BCUT2D eigenvalue weighted by Gasteiger charge is -2.44. The Bertz CT molecular complexity index is 455. The number of amides is 2. The van der Waals surface area contributed by atoms with Gasteiger partial charge >= 0.3 is 12.0 Å². The number of piperidine rings is 1. The fraction of sp³-hybridized carbons (Fsp3) is 0.889. The maximum absolute atomic E-state index is 12.5. The average molecular weight is 339 g/mol. The van der Waals surface area contributed by atoms with E-state index in [1.807, 2.05) is 16.7 Å². The molecule has 0 aromatic rings. The van der Waals surface area contributed by atoms with Crippen LogP contribution in [0.1, 0.15) is 53.4 Å². The van der Waals surface area contributed by atoms with Gasteiger partial charge in [0.25, 0.3) is 0 Å². The first-order valence-electron chi connectivity index (χ1n) is 9.22. The van der Waals surface area contributed by atoms with Gasteiger partial charge in [0.2, 0.25) is 0 Å². The summed E-state index contributed by atoms with van der Waals surface area (Å²) in [6.45, 7) is 11.2. The third-order valence-electron chi connectivity index (χ3n) is 5.64. The number of nitrogens with one attached hydrogen (secondary N) is 1. The Morgan fingerprint density at radius 2 is 1.96 bits per heavy atom. The Kier molecular flexibility index (Phi) is 6.12. The van der Waals surface area contributed by atoms with E-state index < -0.39 is 5.97 Å². The highest BCUT2D eigenvalue weighted by Crippen LogP contribution is 2.33. The molecule has 0 aromatic carbocycles. The van der Waals surface area contributed by atoms with Crippen LogP contribution in [0.3, 0.4) is 0 Å². The van der Waals surface area contributed by atoms with E-state index >= 15 is 0 Å². The monoisotopic (exact) mass is 339 g/mol. The summed E-state index contributed by atoms with van der Waals surface area (Å²) < 4.78 is 0. The molecule has 1 saturated heterocycles. The van der Waals surface area contributed by atoms with Crippen molar-refractivity contribution in [2.45, 2.75) is 65.5 Å². The zero-order valence-electron chi connectivity index (χ0n) is 15.5. The summed E-state index contributed by atoms with van der Waals surface area (Å²) >= 11 is 0. The Labute approximate surface area is 145 Å². The summed E-state index contributed by atoms with van der Waals surface area (Å²) in [4.78, 5) is 27.3. The van der Waals surface area contributed by atoms with Gasteiger partial charge in [-0.2, -0.15) is 0 Å². The summed E-state index contributed by atoms with van der Waals surface area (Å²) in [6, 6.07) is 0.508. The number of nitrogens with zero attached hydrogens (tertiary/aromatic N) is 2. The predicted octanol–water partition coefficient (Wildman–Crippen LogP) is 2.39. The van der Waals surface area contributed by atoms with Gasteiger partial charge in [-0.3, -0.25) is 9.69 Å². The van der Waals surface area contributed by atoms with Gasteiger partial charge in [-0.15, -0.1) is 0 Å². The standard InChI is InChI=1S/C18H33N3O3/c1-5-20(12-16(22)23)15-9-14(10-15)19-17(24)21-8-6-7-13(11-21)18(2,3)4/h13-15H,5-12H2,1-4H3,(H,19,24)(H,22,23). The van der Waals surface area contributed by atoms with Gasteiger partial charge in [0.05, 0.1) is 6.54 Å². The van der Waals surface area contributed by atoms with Gasteiger partial charge in [-0.1, -0.05) is 27.7 Å². The molecule has 0 aromatic heterocycles. The van der Waals surface area contributed by atoms with Crippen molar-refractivity contribution in [2.24, 2.45) is 11.3 Å². The topological polar surface area (TPSA) is 72.9 Å². The first-order chi connectivity index (χ1) is 11.2. The van der Waals surface area contributed by atoms with Crippen molar-refractivity contribution >= 4 is 12.0 Å². The SMILES string of the molecule is CCN(CC(=O)O)C1CC(NC(=O)N2CCCC(C(C)(C)C)C2)C1. The molecule has 2 N–H and O–H groups in total. The van der Waals surface area contributed by atoms with Gasteiger partial charge in [-0.25, -0.2) is 4.79 Å². The van der Waals surface area contributed by atoms with E-state index in [9.17, 15) is 9.59 Å². The second-order valence-electron chi connectivity index (χ2n) is 8.38. The molecule has 1 unspecified atom stereocenters. The molecule has 2 amide bonds. The molecule has 0 spiro atoms. The van der Waals surface area contributed by atoms with Crippen molar-refractivity contribution in [1.82, 2.24) is 15.1 Å². The van der Waals surface area contributed by atoms with E-state index in [0.717, 1.165) is 38.9 Å². The number of hydrogen-bond donors (Lipinski definition) is 2. The van der Waals surface area contributed by atoms with Crippen LogP contribution in [0.4, 0.5) is 4.79 Å². The number of carbonyl (C=O) groups excluding carboxylic acids is 1. The second-order valence-corrected chi connectivity index (χ2v) is 8.38. The number of hydrogen-bond acceptors (Lipinski definition) is 3. The van der Waals surface area contributed by atoms with Crippen LogP contribution in [-0.4, -0.2) is 65.2 Å². The summed E-state index contributed by atoms with van der Waals surface area (Å²) in [7, 11) is 0. The lowest BCUT2D eigenvalue weighted by atomic mass is 9.76. The number of rotatable bonds is 5. The number of carboxylic acid groups (broad SMARTS) is 1. The molecule has 2 rings (SSSR count). The van der Waals surface area contributed by atoms with Crippen LogP contribution in [0.2, 0.25) is 0 Å². The molecule has 1 aliphatic heterocycles. The lowest BCUT2D eigenvalue weighted by molar-refractivity contribution is -0.139. The van der Waals surface area contributed by atoms with Gasteiger partial charge in [0.15, 0.2) is 0 Å². The zero-order valence-corrected chi connectivity index (χ0v) is 15.5. The van der Waals surface area contributed by atoms with Crippen molar-refractivity contribution in [3.63, 3.8) is 0 Å². The van der Waals surface area contributed by atoms with Crippen molar-refractivity contribution in [2.75, 3.05) is 26.2 Å².